The Morgan fingerprint density at radius 1 is 0.792 bits per heavy atom. The molecule has 4 aliphatic rings. The quantitative estimate of drug-likeness (QED) is 0.0861. The van der Waals surface area contributed by atoms with Crippen molar-refractivity contribution in [1.29, 1.82) is 0 Å². The molecule has 0 spiro atoms. The van der Waals surface area contributed by atoms with Crippen LogP contribution < -0.4 is 14.4 Å². The number of rotatable bonds is 16. The minimum atomic E-state index is -0.956. The molecule has 5 heterocycles. The highest BCUT2D eigenvalue weighted by Gasteiger charge is 2.48. The molecule has 3 atom stereocenters. The molecule has 0 radical (unpaired) electrons. The molecule has 1 saturated carbocycles. The fourth-order valence-electron chi connectivity index (χ4n) is 12.0. The Morgan fingerprint density at radius 3 is 2.01 bits per heavy atom. The van der Waals surface area contributed by atoms with Crippen molar-refractivity contribution in [3.63, 3.8) is 0 Å². The third kappa shape index (κ3) is 9.76. The average Bonchev–Trinajstić information content (AvgIpc) is 4.07. The van der Waals surface area contributed by atoms with E-state index in [4.69, 9.17) is 38.8 Å². The molecule has 0 unspecified atom stereocenters. The van der Waals surface area contributed by atoms with Crippen molar-refractivity contribution in [2.24, 2.45) is 0 Å². The van der Waals surface area contributed by atoms with E-state index in [0.717, 1.165) is 76.5 Å². The number of aromatic nitrogens is 4. The summed E-state index contributed by atoms with van der Waals surface area (Å²) in [5, 5.41) is 7.02. The number of anilines is 1. The van der Waals surface area contributed by atoms with Crippen LogP contribution in [0.25, 0.3) is 32.9 Å². The second-order valence-corrected chi connectivity index (χ2v) is 22.1. The van der Waals surface area contributed by atoms with Gasteiger partial charge >= 0.3 is 12.1 Å². The van der Waals surface area contributed by atoms with E-state index in [0.29, 0.717) is 73.2 Å². The zero-order chi connectivity index (χ0) is 52.8. The summed E-state index contributed by atoms with van der Waals surface area (Å²) in [4.78, 5) is 30.9. The molecular weight excluding hydrogens is 970 g/mol. The topological polar surface area (TPSA) is 117 Å². The van der Waals surface area contributed by atoms with Crippen LogP contribution in [0.4, 0.5) is 15.0 Å². The van der Waals surface area contributed by atoms with Crippen LogP contribution in [0.2, 0.25) is 0 Å². The first-order valence-electron chi connectivity index (χ1n) is 27.1. The van der Waals surface area contributed by atoms with Gasteiger partial charge in [0.05, 0.1) is 37.4 Å². The molecule has 2 bridgehead atoms. The van der Waals surface area contributed by atoms with Gasteiger partial charge in [0.25, 0.3) is 0 Å². The number of carbonyl (C=O) groups excluding carboxylic acids is 1. The highest BCUT2D eigenvalue weighted by atomic mass is 19.1. The number of piperazine rings is 1. The van der Waals surface area contributed by atoms with Gasteiger partial charge in [-0.2, -0.15) is 15.1 Å². The normalized spacial score (nSPS) is 18.3. The number of hydrogen-bond acceptors (Lipinski definition) is 11. The van der Waals surface area contributed by atoms with E-state index in [2.05, 4.69) is 94.9 Å². The molecule has 14 heteroatoms. The van der Waals surface area contributed by atoms with E-state index in [9.17, 15) is 4.79 Å². The van der Waals surface area contributed by atoms with Gasteiger partial charge in [0.1, 0.15) is 41.0 Å². The Kier molecular flexibility index (Phi) is 13.7. The number of hydrogen-bond donors (Lipinski definition) is 0. The van der Waals surface area contributed by atoms with Crippen LogP contribution in [0.5, 0.6) is 11.8 Å². The van der Waals surface area contributed by atoms with E-state index in [1.807, 2.05) is 85.8 Å². The summed E-state index contributed by atoms with van der Waals surface area (Å²) in [6.07, 6.45) is 4.03. The van der Waals surface area contributed by atoms with Gasteiger partial charge in [-0.05, 0) is 92.3 Å². The predicted octanol–water partition coefficient (Wildman–Crippen LogP) is 11.3. The zero-order valence-corrected chi connectivity index (χ0v) is 44.5. The van der Waals surface area contributed by atoms with E-state index in [1.54, 1.807) is 13.2 Å². The number of carbonyl (C=O) groups is 1. The summed E-state index contributed by atoms with van der Waals surface area (Å²) >= 11 is 0. The number of ether oxygens (including phenoxy) is 5. The Morgan fingerprint density at radius 2 is 1.43 bits per heavy atom. The second-order valence-electron chi connectivity index (χ2n) is 22.1. The molecule has 396 valence electrons. The van der Waals surface area contributed by atoms with Gasteiger partial charge in [-0.25, -0.2) is 9.18 Å². The van der Waals surface area contributed by atoms with Gasteiger partial charge in [0.2, 0.25) is 0 Å². The van der Waals surface area contributed by atoms with E-state index < -0.39 is 17.2 Å². The largest absolute Gasteiger partial charge is 0.486 e. The van der Waals surface area contributed by atoms with Crippen LogP contribution in [0.1, 0.15) is 79.3 Å². The first-order valence-corrected chi connectivity index (χ1v) is 27.1. The molecule has 13 nitrogen and oxygen atoms in total. The molecule has 6 aromatic carbocycles. The van der Waals surface area contributed by atoms with Gasteiger partial charge in [-0.1, -0.05) is 121 Å². The van der Waals surface area contributed by atoms with Gasteiger partial charge in [0.15, 0.2) is 5.75 Å². The standard InChI is InChI=1S/C63H66FN7O6/c1-41-53(64)34-54-52(38-71(67-54)63(44-20-12-7-13-21-44,45-22-14-8-15-23-45)46-24-16-9-17-25-46)55(41)56-50(43-26-27-43)33-51-57(58(56)75-39-42-18-10-6-11-19-42)65-60(76-49(40-73-5)37-68-28-30-74-31-29-68)66-59(51)69-35-48-32-47(69)36-70(48)61(72)77-62(2,3)4/h6-25,33-34,38,43,47-49H,26-32,35-37,39-40H2,1-5H3/t47-,48-,49-/m0/s1. The predicted molar refractivity (Wildman–Crippen MR) is 296 cm³/mol. The molecule has 1 aliphatic carbocycles. The summed E-state index contributed by atoms with van der Waals surface area (Å²) in [7, 11) is 1.68. The minimum Gasteiger partial charge on any atom is -0.486 e. The number of likely N-dealkylation sites (tertiary alicyclic amines) is 1. The number of morpholine rings is 1. The molecule has 0 N–H and O–H groups in total. The Hall–Kier alpha value is -7.39. The average molecular weight is 1040 g/mol. The first kappa shape index (κ1) is 50.4. The molecule has 4 fully saturated rings. The highest BCUT2D eigenvalue weighted by molar-refractivity contribution is 6.06. The lowest BCUT2D eigenvalue weighted by atomic mass is 9.77. The van der Waals surface area contributed by atoms with E-state index in [-0.39, 0.29) is 42.5 Å². The fraction of sp³-hybridized carbons (Fsp3) is 0.365. The Labute approximate surface area is 449 Å². The Bertz CT molecular complexity index is 3300. The Balaban J connectivity index is 1.10. The number of nitrogens with zero attached hydrogens (tertiary/aromatic N) is 7. The van der Waals surface area contributed by atoms with Gasteiger partial charge < -0.3 is 33.5 Å². The lowest BCUT2D eigenvalue weighted by molar-refractivity contribution is 0.000203. The molecule has 8 aromatic rings. The van der Waals surface area contributed by atoms with Crippen molar-refractivity contribution in [2.45, 2.75) is 88.8 Å². The lowest BCUT2D eigenvalue weighted by Crippen LogP contribution is -2.50. The summed E-state index contributed by atoms with van der Waals surface area (Å²) in [5.41, 5.74) is 6.42. The first-order chi connectivity index (χ1) is 37.5. The number of halogens is 1. The van der Waals surface area contributed by atoms with Crippen LogP contribution >= 0.6 is 0 Å². The van der Waals surface area contributed by atoms with Crippen molar-refractivity contribution in [2.75, 3.05) is 64.6 Å². The molecular formula is C63H66FN7O6. The molecule has 12 rings (SSSR count). The van der Waals surface area contributed by atoms with E-state index in [1.165, 1.54) is 0 Å². The minimum absolute atomic E-state index is 0.0469. The highest BCUT2D eigenvalue weighted by Crippen LogP contribution is 2.54. The second kappa shape index (κ2) is 20.9. The van der Waals surface area contributed by atoms with Crippen LogP contribution in [0, 0.1) is 12.7 Å². The maximum absolute atomic E-state index is 17.3. The van der Waals surface area contributed by atoms with Gasteiger partial charge in [-0.3, -0.25) is 9.58 Å². The van der Waals surface area contributed by atoms with Gasteiger partial charge in [0, 0.05) is 74.0 Å². The molecule has 1 amide bonds. The van der Waals surface area contributed by atoms with Crippen LogP contribution in [-0.4, -0.2) is 119 Å². The lowest BCUT2D eigenvalue weighted by Gasteiger charge is -2.36. The number of amides is 1. The monoisotopic (exact) mass is 1040 g/mol. The third-order valence-corrected chi connectivity index (χ3v) is 15.7. The van der Waals surface area contributed by atoms with Crippen molar-refractivity contribution in [1.82, 2.24) is 29.5 Å². The summed E-state index contributed by atoms with van der Waals surface area (Å²) in [6.45, 7) is 12.5. The number of methoxy groups -OCH3 is 1. The number of benzene rings is 6. The third-order valence-electron chi connectivity index (χ3n) is 15.7. The summed E-state index contributed by atoms with van der Waals surface area (Å²) < 4.78 is 51.0. The zero-order valence-electron chi connectivity index (χ0n) is 44.5. The van der Waals surface area contributed by atoms with E-state index >= 15 is 4.39 Å². The van der Waals surface area contributed by atoms with Crippen molar-refractivity contribution in [3.05, 3.63) is 179 Å². The summed E-state index contributed by atoms with van der Waals surface area (Å²) in [5.74, 6) is 0.994. The van der Waals surface area contributed by atoms with Crippen LogP contribution in [-0.2, 0) is 26.4 Å². The number of fused-ring (bicyclic) bond motifs is 4. The van der Waals surface area contributed by atoms with Crippen LogP contribution in [0.3, 0.4) is 0 Å². The maximum atomic E-state index is 17.3. The SMILES string of the molecule is COC[C@H](CN1CCOCC1)Oc1nc(N2C[C@@H]3C[C@H]2CN3C(=O)OC(C)(C)C)c2cc(C3CC3)c(-c3c(C)c(F)cc4nn(C(c5ccccc5)(c5ccccc5)c5ccccc5)cc34)c(OCc3ccccc3)c2n1. The molecule has 3 saturated heterocycles. The maximum Gasteiger partial charge on any atom is 0.410 e. The molecule has 3 aliphatic heterocycles. The van der Waals surface area contributed by atoms with Gasteiger partial charge in [-0.15, -0.1) is 0 Å². The summed E-state index contributed by atoms with van der Waals surface area (Å²) in [6, 6.07) is 45.2. The van der Waals surface area contributed by atoms with Crippen molar-refractivity contribution < 1.29 is 32.9 Å². The smallest absolute Gasteiger partial charge is 0.410 e. The molecule has 77 heavy (non-hydrogen) atoms. The van der Waals surface area contributed by atoms with Crippen LogP contribution in [0.15, 0.2) is 140 Å². The van der Waals surface area contributed by atoms with Crippen molar-refractivity contribution >= 4 is 33.7 Å². The fourth-order valence-corrected chi connectivity index (χ4v) is 12.0. The van der Waals surface area contributed by atoms with Crippen molar-refractivity contribution in [3.8, 4) is 22.9 Å². The molecule has 2 aromatic heterocycles.